The molecule has 0 atom stereocenters. The quantitative estimate of drug-likeness (QED) is 0.0208. The Kier molecular flexibility index (Phi) is 18.9. The number of allylic oxidation sites excluding steroid dienone is 2. The molecule has 0 amide bonds. The smallest absolute Gasteiger partial charge is 0.744 e. The van der Waals surface area contributed by atoms with Gasteiger partial charge in [0, 0.05) is 28.2 Å². The maximum absolute atomic E-state index is 13.7. The maximum Gasteiger partial charge on any atom is 1.00 e. The Hall–Kier alpha value is -5.99. The molecule has 2 aliphatic carbocycles. The zero-order valence-corrected chi connectivity index (χ0v) is 47.3. The Morgan fingerprint density at radius 1 is 0.446 bits per heavy atom. The third-order valence-electron chi connectivity index (χ3n) is 10.2. The number of hydrogen-bond acceptors (Lipinski definition) is 24. The van der Waals surface area contributed by atoms with E-state index in [-0.39, 0.29) is 162 Å². The number of anilines is 8. The molecule has 74 heavy (non-hydrogen) atoms. The third-order valence-corrected chi connectivity index (χ3v) is 12.8. The molecule has 2 aliphatic rings. The fourth-order valence-corrected chi connectivity index (χ4v) is 8.78. The average Bonchev–Trinajstić information content (AvgIpc) is 3.30. The van der Waals surface area contributed by atoms with E-state index in [2.05, 4.69) is 46.8 Å². The van der Waals surface area contributed by atoms with Crippen LogP contribution in [0, 0.1) is 0 Å². The Morgan fingerprint density at radius 2 is 0.865 bits per heavy atom. The molecule has 0 aliphatic heterocycles. The Bertz CT molecular complexity index is 3820. The molecule has 24 nitrogen and oxygen atoms in total. The van der Waals surface area contributed by atoms with Crippen molar-refractivity contribution in [1.29, 1.82) is 0 Å². The molecule has 0 fully saturated rings. The Morgan fingerprint density at radius 3 is 1.28 bits per heavy atom. The molecule has 6 aromatic carbocycles. The van der Waals surface area contributed by atoms with Crippen LogP contribution in [0.3, 0.4) is 0 Å². The summed E-state index contributed by atoms with van der Waals surface area (Å²) in [6.07, 6.45) is 1.92. The standard InChI is InChI=1S/C44H35N13O11S3.3Na/c45-24-3-12-35(33(47)17-24)54-51-28-5-1-22-15-39(70(63,64)65)41(43(58)31(22)19-28)56-50-27-9-7-26(8-10-27)49-37-14-11-30(21-38(37)69(60,61)62)53-57-42-40(71(66,67)68)16-23-2-6-29(20-32(23)44(42)59)52-55-36-13-4-25(46)18-34(36)48;;;/h1-21,49-50,53H,45-48H2,(H,60,61,62)(H,63,64,65)(H,66,67,68);;;/q;3*+1/p-3/b54-51?,55-52?,56-41+,57-42-;;;. The molecule has 0 bridgehead atoms. The number of fused-ring (bicyclic) bond motifs is 2. The van der Waals surface area contributed by atoms with Crippen LogP contribution in [0.4, 0.5) is 68.2 Å². The second-order valence-corrected chi connectivity index (χ2v) is 19.2. The van der Waals surface area contributed by atoms with Crippen LogP contribution < -0.4 is 128 Å². The molecule has 0 aromatic heterocycles. The van der Waals surface area contributed by atoms with E-state index in [9.17, 15) is 48.5 Å². The van der Waals surface area contributed by atoms with E-state index >= 15 is 0 Å². The molecular formula is C44H32N13Na3O11S3. The molecule has 360 valence electrons. The molecule has 0 spiro atoms. The first-order valence-corrected chi connectivity index (χ1v) is 24.3. The van der Waals surface area contributed by atoms with Gasteiger partial charge in [-0.25, -0.2) is 25.3 Å². The van der Waals surface area contributed by atoms with Crippen molar-refractivity contribution in [1.82, 2.24) is 0 Å². The van der Waals surface area contributed by atoms with Crippen molar-refractivity contribution in [3.8, 4) is 0 Å². The summed E-state index contributed by atoms with van der Waals surface area (Å²) in [6, 6.07) is 26.0. The van der Waals surface area contributed by atoms with E-state index in [1.807, 2.05) is 0 Å². The molecule has 0 radical (unpaired) electrons. The van der Waals surface area contributed by atoms with Crippen molar-refractivity contribution < 1.29 is 137 Å². The fraction of sp³-hybridized carbons (Fsp3) is 0. The number of hydrazone groups is 2. The number of azo groups is 2. The summed E-state index contributed by atoms with van der Waals surface area (Å²) in [5.41, 5.74) is 28.6. The van der Waals surface area contributed by atoms with Crippen LogP contribution in [0.5, 0.6) is 0 Å². The van der Waals surface area contributed by atoms with Crippen molar-refractivity contribution in [3.63, 3.8) is 0 Å². The van der Waals surface area contributed by atoms with Crippen molar-refractivity contribution in [2.75, 3.05) is 39.1 Å². The van der Waals surface area contributed by atoms with Crippen molar-refractivity contribution in [2.45, 2.75) is 4.90 Å². The molecule has 30 heteroatoms. The number of Topliss-reactive ketones (excluding diaryl/α,β-unsaturated/α-hetero) is 2. The van der Waals surface area contributed by atoms with Gasteiger partial charge in [-0.3, -0.25) is 20.4 Å². The van der Waals surface area contributed by atoms with Gasteiger partial charge in [0.25, 0.3) is 0 Å². The van der Waals surface area contributed by atoms with Gasteiger partial charge in [0.1, 0.15) is 53.2 Å². The predicted molar refractivity (Wildman–Crippen MR) is 262 cm³/mol. The van der Waals surface area contributed by atoms with Crippen molar-refractivity contribution >= 4 is 134 Å². The topological polar surface area (TPSA) is 420 Å². The molecule has 6 aromatic rings. The van der Waals surface area contributed by atoms with Crippen LogP contribution in [0.1, 0.15) is 31.8 Å². The third kappa shape index (κ3) is 13.6. The number of rotatable bonds is 13. The van der Waals surface area contributed by atoms with Gasteiger partial charge < -0.3 is 41.9 Å². The van der Waals surface area contributed by atoms with Gasteiger partial charge in [0.15, 0.2) is 0 Å². The van der Waals surface area contributed by atoms with E-state index in [0.717, 1.165) is 24.3 Å². The average molecular weight is 1080 g/mol. The fourth-order valence-electron chi connectivity index (χ4n) is 6.83. The van der Waals surface area contributed by atoms with E-state index < -0.39 is 68.0 Å². The second-order valence-electron chi connectivity index (χ2n) is 15.2. The summed E-state index contributed by atoms with van der Waals surface area (Å²) in [4.78, 5) is 24.6. The molecular weight excluding hydrogens is 1050 g/mol. The monoisotopic (exact) mass is 1080 g/mol. The molecule has 0 heterocycles. The Balaban J connectivity index is 0.00000338. The summed E-state index contributed by atoms with van der Waals surface area (Å²) < 4.78 is 111. The van der Waals surface area contributed by atoms with E-state index in [1.165, 1.54) is 91.0 Å². The van der Waals surface area contributed by atoms with Crippen LogP contribution in [0.15, 0.2) is 161 Å². The van der Waals surface area contributed by atoms with Gasteiger partial charge >= 0.3 is 88.7 Å². The summed E-state index contributed by atoms with van der Waals surface area (Å²) in [5.74, 6) is -1.95. The summed E-state index contributed by atoms with van der Waals surface area (Å²) in [5, 5.41) is 26.9. The van der Waals surface area contributed by atoms with E-state index in [4.69, 9.17) is 22.9 Å². The number of nitrogens with zero attached hydrogens (tertiary/aromatic N) is 6. The molecule has 0 saturated heterocycles. The van der Waals surface area contributed by atoms with Gasteiger partial charge in [0.05, 0.1) is 54.5 Å². The summed E-state index contributed by atoms with van der Waals surface area (Å²) in [6.45, 7) is 0. The van der Waals surface area contributed by atoms with E-state index in [1.54, 1.807) is 12.1 Å². The second kappa shape index (κ2) is 23.7. The number of nitrogens with one attached hydrogen (secondary N) is 3. The number of benzene rings is 6. The minimum Gasteiger partial charge on any atom is -0.744 e. The van der Waals surface area contributed by atoms with Crippen LogP contribution >= 0.6 is 0 Å². The summed E-state index contributed by atoms with van der Waals surface area (Å²) >= 11 is 0. The minimum atomic E-state index is -5.32. The van der Waals surface area contributed by atoms with Crippen LogP contribution in [-0.4, -0.2) is 61.9 Å². The minimum absolute atomic E-state index is 0. The maximum atomic E-state index is 13.7. The number of nitrogens with two attached hydrogens (primary N) is 4. The van der Waals surface area contributed by atoms with Gasteiger partial charge in [-0.1, -0.05) is 12.1 Å². The molecule has 0 unspecified atom stereocenters. The zero-order chi connectivity index (χ0) is 51.0. The summed E-state index contributed by atoms with van der Waals surface area (Å²) in [7, 11) is -15.8. The molecule has 11 N–H and O–H groups in total. The number of carbonyl (C=O) groups excluding carboxylic acids is 2. The van der Waals surface area contributed by atoms with Gasteiger partial charge in [-0.15, -0.1) is 10.2 Å². The SMILES string of the molecule is Nc1ccc(N=Nc2ccc3c(c2)C(=O)/C(=N/Nc2ccc(Nc4ccc(N/N=C5\C(=O)c6cc(N=Nc7ccc(N)cc7N)ccc6C=C5S(=O)(=O)[O-])cc4S(=O)(=O)[O-])cc2)C(S(=O)(=O)[O-])=C3)c(N)c1.[Na+].[Na+].[Na+]. The van der Waals surface area contributed by atoms with Crippen LogP contribution in [-0.2, 0) is 30.4 Å². The molecule has 8 rings (SSSR count). The Labute approximate surface area is 487 Å². The van der Waals surface area contributed by atoms with Crippen molar-refractivity contribution in [3.05, 3.63) is 147 Å². The van der Waals surface area contributed by atoms with Crippen LogP contribution in [0.25, 0.3) is 12.2 Å². The number of hydrogen-bond donors (Lipinski definition) is 7. The number of carbonyl (C=O) groups is 2. The number of nitrogen functional groups attached to an aromatic ring is 4. The predicted octanol–water partition coefficient (Wildman–Crippen LogP) is -2.39. The molecule has 0 saturated carbocycles. The van der Waals surface area contributed by atoms with Crippen molar-refractivity contribution in [2.24, 2.45) is 30.7 Å². The largest absolute Gasteiger partial charge is 1.00 e. The van der Waals surface area contributed by atoms with Gasteiger partial charge in [-0.05, 0) is 126 Å². The van der Waals surface area contributed by atoms with E-state index in [0.29, 0.717) is 17.1 Å². The van der Waals surface area contributed by atoms with Gasteiger partial charge in [-0.2, -0.15) is 20.4 Å². The van der Waals surface area contributed by atoms with Gasteiger partial charge in [0.2, 0.25) is 11.6 Å². The first kappa shape index (κ1) is 58.9. The van der Waals surface area contributed by atoms with Crippen LogP contribution in [0.2, 0.25) is 0 Å². The first-order valence-electron chi connectivity index (χ1n) is 20.0. The number of ketones is 2. The zero-order valence-electron chi connectivity index (χ0n) is 38.8. The normalized spacial score (nSPS) is 14.5. The first-order chi connectivity index (χ1) is 33.5.